The predicted molar refractivity (Wildman–Crippen MR) is 43.9 cm³/mol. The second kappa shape index (κ2) is 3.94. The molecule has 2 heteroatoms. The lowest BCUT2D eigenvalue weighted by atomic mass is 9.87. The minimum Gasteiger partial charge on any atom is -0.384 e. The fraction of sp³-hybridized carbons (Fsp3) is 1.00. The zero-order valence-electron chi connectivity index (χ0n) is 7.48. The molecule has 1 unspecified atom stereocenters. The number of ether oxygens (including phenoxy) is 1. The maximum absolute atomic E-state index is 5.65. The Labute approximate surface area is 63.7 Å². The van der Waals surface area contributed by atoms with Gasteiger partial charge in [-0.2, -0.15) is 0 Å². The van der Waals surface area contributed by atoms with Crippen LogP contribution in [0.1, 0.15) is 27.2 Å². The highest BCUT2D eigenvalue weighted by molar-refractivity contribution is 4.72. The van der Waals surface area contributed by atoms with E-state index >= 15 is 0 Å². The lowest BCUT2D eigenvalue weighted by molar-refractivity contribution is 0.0944. The first kappa shape index (κ1) is 9.92. The third-order valence-electron chi connectivity index (χ3n) is 1.41. The van der Waals surface area contributed by atoms with Gasteiger partial charge in [0.2, 0.25) is 0 Å². The third-order valence-corrected chi connectivity index (χ3v) is 1.41. The minimum atomic E-state index is 0.225. The second-order valence-electron chi connectivity index (χ2n) is 3.78. The second-order valence-corrected chi connectivity index (χ2v) is 3.78. The molecule has 10 heavy (non-hydrogen) atoms. The van der Waals surface area contributed by atoms with Gasteiger partial charge >= 0.3 is 0 Å². The van der Waals surface area contributed by atoms with Crippen LogP contribution < -0.4 is 5.73 Å². The van der Waals surface area contributed by atoms with E-state index in [1.165, 1.54) is 0 Å². The van der Waals surface area contributed by atoms with Crippen LogP contribution in [0.15, 0.2) is 0 Å². The van der Waals surface area contributed by atoms with Crippen molar-refractivity contribution in [2.75, 3.05) is 13.7 Å². The number of rotatable bonds is 4. The van der Waals surface area contributed by atoms with Gasteiger partial charge < -0.3 is 10.5 Å². The Hall–Kier alpha value is -0.0800. The Morgan fingerprint density at radius 3 is 2.30 bits per heavy atom. The SMILES string of the molecule is COCC(C)(C)CC(C)N. The molecule has 2 nitrogen and oxygen atoms in total. The lowest BCUT2D eigenvalue weighted by Crippen LogP contribution is -2.28. The molecule has 0 saturated heterocycles. The van der Waals surface area contributed by atoms with Crippen molar-refractivity contribution in [3.05, 3.63) is 0 Å². The van der Waals surface area contributed by atoms with Crippen LogP contribution in [0.25, 0.3) is 0 Å². The Morgan fingerprint density at radius 1 is 1.50 bits per heavy atom. The molecule has 0 aromatic heterocycles. The fourth-order valence-corrected chi connectivity index (χ4v) is 1.32. The largest absolute Gasteiger partial charge is 0.384 e. The number of methoxy groups -OCH3 is 1. The number of nitrogens with two attached hydrogens (primary N) is 1. The molecule has 0 aromatic carbocycles. The molecule has 0 heterocycles. The Bertz CT molecular complexity index is 89.3. The maximum Gasteiger partial charge on any atom is 0.0513 e. The van der Waals surface area contributed by atoms with Crippen LogP contribution in [0.2, 0.25) is 0 Å². The van der Waals surface area contributed by atoms with E-state index < -0.39 is 0 Å². The van der Waals surface area contributed by atoms with Gasteiger partial charge in [-0.05, 0) is 18.8 Å². The standard InChI is InChI=1S/C8H19NO/c1-7(9)5-8(2,3)6-10-4/h7H,5-6,9H2,1-4H3. The maximum atomic E-state index is 5.65. The van der Waals surface area contributed by atoms with E-state index in [4.69, 9.17) is 10.5 Å². The lowest BCUT2D eigenvalue weighted by Gasteiger charge is -2.25. The molecule has 0 aliphatic heterocycles. The third kappa shape index (κ3) is 4.77. The van der Waals surface area contributed by atoms with Gasteiger partial charge in [0.25, 0.3) is 0 Å². The smallest absolute Gasteiger partial charge is 0.0513 e. The van der Waals surface area contributed by atoms with Crippen LogP contribution in [-0.2, 0) is 4.74 Å². The summed E-state index contributed by atoms with van der Waals surface area (Å²) in [6.07, 6.45) is 1.01. The van der Waals surface area contributed by atoms with Crippen LogP contribution in [0.3, 0.4) is 0 Å². The zero-order chi connectivity index (χ0) is 8.20. The predicted octanol–water partition coefficient (Wildman–Crippen LogP) is 1.40. The molecule has 0 aromatic rings. The molecule has 0 radical (unpaired) electrons. The first-order valence-electron chi connectivity index (χ1n) is 3.72. The van der Waals surface area contributed by atoms with Gasteiger partial charge in [-0.1, -0.05) is 13.8 Å². The molecule has 0 bridgehead atoms. The van der Waals surface area contributed by atoms with Crippen molar-refractivity contribution in [1.82, 2.24) is 0 Å². The summed E-state index contributed by atoms with van der Waals surface area (Å²) < 4.78 is 5.05. The van der Waals surface area contributed by atoms with Gasteiger partial charge in [-0.15, -0.1) is 0 Å². The molecule has 0 fully saturated rings. The van der Waals surface area contributed by atoms with Crippen LogP contribution in [-0.4, -0.2) is 19.8 Å². The average Bonchev–Trinajstić information content (AvgIpc) is 1.59. The Balaban J connectivity index is 3.63. The summed E-state index contributed by atoms with van der Waals surface area (Å²) in [5, 5.41) is 0. The van der Waals surface area contributed by atoms with Gasteiger partial charge in [0.1, 0.15) is 0 Å². The number of hydrogen-bond donors (Lipinski definition) is 1. The summed E-state index contributed by atoms with van der Waals surface area (Å²) >= 11 is 0. The quantitative estimate of drug-likeness (QED) is 0.649. The van der Waals surface area contributed by atoms with E-state index in [-0.39, 0.29) is 11.5 Å². The molecule has 0 spiro atoms. The topological polar surface area (TPSA) is 35.2 Å². The van der Waals surface area contributed by atoms with Crippen molar-refractivity contribution in [3.8, 4) is 0 Å². The van der Waals surface area contributed by atoms with Crippen LogP contribution in [0.4, 0.5) is 0 Å². The van der Waals surface area contributed by atoms with E-state index in [1.54, 1.807) is 7.11 Å². The molecule has 0 aliphatic rings. The summed E-state index contributed by atoms with van der Waals surface area (Å²) in [6, 6.07) is 0.269. The van der Waals surface area contributed by atoms with Crippen molar-refractivity contribution in [2.24, 2.45) is 11.1 Å². The summed E-state index contributed by atoms with van der Waals surface area (Å²) in [6.45, 7) is 7.14. The van der Waals surface area contributed by atoms with Crippen molar-refractivity contribution in [2.45, 2.75) is 33.2 Å². The summed E-state index contributed by atoms with van der Waals surface area (Å²) in [4.78, 5) is 0. The van der Waals surface area contributed by atoms with Crippen LogP contribution in [0.5, 0.6) is 0 Å². The monoisotopic (exact) mass is 145 g/mol. The molecule has 0 aliphatic carbocycles. The van der Waals surface area contributed by atoms with E-state index in [9.17, 15) is 0 Å². The normalized spacial score (nSPS) is 15.3. The molecular formula is C8H19NO. The van der Waals surface area contributed by atoms with Gasteiger partial charge in [0, 0.05) is 13.2 Å². The number of hydrogen-bond acceptors (Lipinski definition) is 2. The van der Waals surface area contributed by atoms with Crippen LogP contribution >= 0.6 is 0 Å². The zero-order valence-corrected chi connectivity index (χ0v) is 7.48. The highest BCUT2D eigenvalue weighted by Crippen LogP contribution is 2.21. The highest BCUT2D eigenvalue weighted by atomic mass is 16.5. The van der Waals surface area contributed by atoms with Crippen molar-refractivity contribution in [1.29, 1.82) is 0 Å². The van der Waals surface area contributed by atoms with Gasteiger partial charge in [-0.3, -0.25) is 0 Å². The van der Waals surface area contributed by atoms with E-state index in [2.05, 4.69) is 13.8 Å². The van der Waals surface area contributed by atoms with Gasteiger partial charge in [-0.25, -0.2) is 0 Å². The summed E-state index contributed by atoms with van der Waals surface area (Å²) in [5.41, 5.74) is 5.88. The van der Waals surface area contributed by atoms with Crippen molar-refractivity contribution >= 4 is 0 Å². The van der Waals surface area contributed by atoms with Crippen molar-refractivity contribution in [3.63, 3.8) is 0 Å². The molecule has 2 N–H and O–H groups in total. The fourth-order valence-electron chi connectivity index (χ4n) is 1.32. The van der Waals surface area contributed by atoms with Gasteiger partial charge in [0.15, 0.2) is 0 Å². The molecule has 62 valence electrons. The average molecular weight is 145 g/mol. The van der Waals surface area contributed by atoms with Crippen LogP contribution in [0, 0.1) is 5.41 Å². The van der Waals surface area contributed by atoms with Gasteiger partial charge in [0.05, 0.1) is 6.61 Å². The van der Waals surface area contributed by atoms with E-state index in [0.29, 0.717) is 0 Å². The molecule has 0 saturated carbocycles. The molecular weight excluding hydrogens is 126 g/mol. The summed E-state index contributed by atoms with van der Waals surface area (Å²) in [7, 11) is 1.73. The Morgan fingerprint density at radius 2 is 2.00 bits per heavy atom. The van der Waals surface area contributed by atoms with Crippen molar-refractivity contribution < 1.29 is 4.74 Å². The summed E-state index contributed by atoms with van der Waals surface area (Å²) in [5.74, 6) is 0. The molecule has 1 atom stereocenters. The highest BCUT2D eigenvalue weighted by Gasteiger charge is 2.18. The Kier molecular flexibility index (Phi) is 3.91. The molecule has 0 rings (SSSR count). The first-order valence-corrected chi connectivity index (χ1v) is 3.72. The molecule has 0 amide bonds. The minimum absolute atomic E-state index is 0.225. The van der Waals surface area contributed by atoms with E-state index in [0.717, 1.165) is 13.0 Å². The first-order chi connectivity index (χ1) is 4.48. The van der Waals surface area contributed by atoms with E-state index in [1.807, 2.05) is 6.92 Å².